The van der Waals surface area contributed by atoms with Crippen LogP contribution in [0.2, 0.25) is 0 Å². The molecule has 110 valence electrons. The number of nitrogens with two attached hydrogens (primary N) is 1. The van der Waals surface area contributed by atoms with Crippen LogP contribution in [0, 0.1) is 13.8 Å². The van der Waals surface area contributed by atoms with Gasteiger partial charge in [0.05, 0.1) is 11.3 Å². The van der Waals surface area contributed by atoms with Crippen molar-refractivity contribution in [2.45, 2.75) is 38.9 Å². The third-order valence-electron chi connectivity index (χ3n) is 3.73. The molecule has 5 heteroatoms. The average molecular weight is 310 g/mol. The van der Waals surface area contributed by atoms with Crippen molar-refractivity contribution in [3.8, 4) is 0 Å². The third kappa shape index (κ3) is 3.44. The van der Waals surface area contributed by atoms with Crippen molar-refractivity contribution < 1.29 is 0 Å². The fourth-order valence-corrected chi connectivity index (χ4v) is 3.98. The molecule has 1 aromatic heterocycles. The second-order valence-electron chi connectivity index (χ2n) is 5.95. The molecule has 2 heterocycles. The van der Waals surface area contributed by atoms with Crippen molar-refractivity contribution >= 4 is 34.7 Å². The minimum atomic E-state index is 0.343. The molecule has 1 saturated heterocycles. The highest BCUT2D eigenvalue weighted by Gasteiger charge is 2.25. The molecule has 0 atom stereocenters. The van der Waals surface area contributed by atoms with Gasteiger partial charge in [-0.2, -0.15) is 11.8 Å². The van der Waals surface area contributed by atoms with Gasteiger partial charge in [-0.15, -0.1) is 0 Å². The molecule has 0 radical (unpaired) electrons. The number of hydrogen-bond acceptors (Lipinski definition) is 4. The van der Waals surface area contributed by atoms with E-state index in [0.29, 0.717) is 9.74 Å². The quantitative estimate of drug-likeness (QED) is 0.851. The van der Waals surface area contributed by atoms with E-state index in [-0.39, 0.29) is 0 Å². The Kier molecular flexibility index (Phi) is 4.59. The van der Waals surface area contributed by atoms with E-state index in [1.807, 2.05) is 25.6 Å². The average Bonchev–Trinajstić information content (AvgIpc) is 2.48. The highest BCUT2D eigenvalue weighted by molar-refractivity contribution is 8.00. The Morgan fingerprint density at radius 2 is 2.10 bits per heavy atom. The summed E-state index contributed by atoms with van der Waals surface area (Å²) in [6.45, 7) is 10.7. The van der Waals surface area contributed by atoms with Gasteiger partial charge in [0.1, 0.15) is 4.99 Å². The summed E-state index contributed by atoms with van der Waals surface area (Å²) >= 11 is 7.28. The smallest absolute Gasteiger partial charge is 0.107 e. The lowest BCUT2D eigenvalue weighted by atomic mass is 10.1. The Hall–Kier alpha value is -0.810. The van der Waals surface area contributed by atoms with Crippen molar-refractivity contribution in [3.63, 3.8) is 0 Å². The van der Waals surface area contributed by atoms with E-state index in [1.54, 1.807) is 0 Å². The SMILES string of the molecule is Cc1cc(N2CCSC(C)(C)CC2)c(C(N)=S)c(C)n1. The zero-order valence-electron chi connectivity index (χ0n) is 12.7. The highest BCUT2D eigenvalue weighted by atomic mass is 32.2. The molecule has 2 rings (SSSR count). The van der Waals surface area contributed by atoms with Gasteiger partial charge < -0.3 is 10.6 Å². The van der Waals surface area contributed by atoms with E-state index in [2.05, 4.69) is 29.8 Å². The highest BCUT2D eigenvalue weighted by Crippen LogP contribution is 2.33. The molecule has 1 fully saturated rings. The van der Waals surface area contributed by atoms with Crippen LogP contribution in [0.1, 0.15) is 37.2 Å². The third-order valence-corrected chi connectivity index (χ3v) is 5.31. The van der Waals surface area contributed by atoms with Gasteiger partial charge in [0.15, 0.2) is 0 Å². The van der Waals surface area contributed by atoms with Crippen molar-refractivity contribution in [3.05, 3.63) is 23.0 Å². The van der Waals surface area contributed by atoms with Crippen molar-refractivity contribution in [2.75, 3.05) is 23.7 Å². The number of nitrogens with zero attached hydrogens (tertiary/aromatic N) is 2. The Morgan fingerprint density at radius 3 is 2.75 bits per heavy atom. The fourth-order valence-electron chi connectivity index (χ4n) is 2.62. The summed E-state index contributed by atoms with van der Waals surface area (Å²) in [5.41, 5.74) is 9.97. The number of aromatic nitrogens is 1. The van der Waals surface area contributed by atoms with Gasteiger partial charge in [-0.3, -0.25) is 4.98 Å². The molecule has 2 N–H and O–H groups in total. The molecule has 20 heavy (non-hydrogen) atoms. The van der Waals surface area contributed by atoms with Gasteiger partial charge in [-0.1, -0.05) is 26.1 Å². The summed E-state index contributed by atoms with van der Waals surface area (Å²) in [5.74, 6) is 1.13. The number of aryl methyl sites for hydroxylation is 2. The van der Waals surface area contributed by atoms with Crippen LogP contribution in [0.25, 0.3) is 0 Å². The first-order valence-electron chi connectivity index (χ1n) is 6.97. The molecule has 0 aliphatic carbocycles. The monoisotopic (exact) mass is 309 g/mol. The molecule has 0 bridgehead atoms. The number of hydrogen-bond donors (Lipinski definition) is 1. The molecule has 0 saturated carbocycles. The summed E-state index contributed by atoms with van der Waals surface area (Å²) in [5, 5.41) is 0. The Balaban J connectivity index is 2.39. The summed E-state index contributed by atoms with van der Waals surface area (Å²) in [4.78, 5) is 7.36. The molecule has 0 spiro atoms. The Morgan fingerprint density at radius 1 is 1.40 bits per heavy atom. The molecule has 0 unspecified atom stereocenters. The minimum absolute atomic E-state index is 0.343. The predicted molar refractivity (Wildman–Crippen MR) is 93.0 cm³/mol. The van der Waals surface area contributed by atoms with Gasteiger partial charge in [0.25, 0.3) is 0 Å². The zero-order chi connectivity index (χ0) is 14.9. The van der Waals surface area contributed by atoms with Crippen molar-refractivity contribution in [1.29, 1.82) is 0 Å². The molecule has 3 nitrogen and oxygen atoms in total. The lowest BCUT2D eigenvalue weighted by Gasteiger charge is -2.27. The first-order valence-corrected chi connectivity index (χ1v) is 8.36. The number of anilines is 1. The number of thiocarbonyl (C=S) groups is 1. The van der Waals surface area contributed by atoms with Crippen LogP contribution in [0.5, 0.6) is 0 Å². The van der Waals surface area contributed by atoms with E-state index in [1.165, 1.54) is 0 Å². The summed E-state index contributed by atoms with van der Waals surface area (Å²) in [6, 6.07) is 2.12. The Bertz CT molecular complexity index is 526. The maximum absolute atomic E-state index is 5.92. The normalized spacial score (nSPS) is 18.7. The number of thioether (sulfide) groups is 1. The summed E-state index contributed by atoms with van der Waals surface area (Å²) < 4.78 is 0.343. The van der Waals surface area contributed by atoms with Gasteiger partial charge in [0.2, 0.25) is 0 Å². The topological polar surface area (TPSA) is 42.1 Å². The Labute approximate surface area is 131 Å². The second kappa shape index (κ2) is 5.90. The van der Waals surface area contributed by atoms with E-state index >= 15 is 0 Å². The van der Waals surface area contributed by atoms with Crippen LogP contribution in [-0.4, -0.2) is 33.6 Å². The summed E-state index contributed by atoms with van der Waals surface area (Å²) in [7, 11) is 0. The van der Waals surface area contributed by atoms with E-state index in [9.17, 15) is 0 Å². The lowest BCUT2D eigenvalue weighted by molar-refractivity contribution is 0.637. The first-order chi connectivity index (χ1) is 9.30. The standard InChI is InChI=1S/C15H23N3S2/c1-10-9-12(13(14(16)19)11(2)17-10)18-6-5-15(3,4)20-8-7-18/h9H,5-8H2,1-4H3,(H2,16,19). The zero-order valence-corrected chi connectivity index (χ0v) is 14.3. The number of pyridine rings is 1. The molecule has 1 aromatic rings. The predicted octanol–water partition coefficient (Wildman–Crippen LogP) is 3.05. The fraction of sp³-hybridized carbons (Fsp3) is 0.600. The number of rotatable bonds is 2. The molecular formula is C15H23N3S2. The van der Waals surface area contributed by atoms with Gasteiger partial charge >= 0.3 is 0 Å². The van der Waals surface area contributed by atoms with Crippen LogP contribution in [-0.2, 0) is 0 Å². The van der Waals surface area contributed by atoms with E-state index < -0.39 is 0 Å². The molecule has 1 aliphatic rings. The molecule has 0 aromatic carbocycles. The largest absolute Gasteiger partial charge is 0.389 e. The van der Waals surface area contributed by atoms with Crippen molar-refractivity contribution in [1.82, 2.24) is 4.98 Å². The van der Waals surface area contributed by atoms with Gasteiger partial charge in [0, 0.05) is 35.0 Å². The minimum Gasteiger partial charge on any atom is -0.389 e. The first kappa shape index (κ1) is 15.6. The van der Waals surface area contributed by atoms with E-state index in [4.69, 9.17) is 18.0 Å². The molecule has 0 amide bonds. The van der Waals surface area contributed by atoms with Crippen LogP contribution < -0.4 is 10.6 Å². The maximum atomic E-state index is 5.92. The van der Waals surface area contributed by atoms with E-state index in [0.717, 1.165) is 47.9 Å². The van der Waals surface area contributed by atoms with Crippen molar-refractivity contribution in [2.24, 2.45) is 5.73 Å². The molecule has 1 aliphatic heterocycles. The maximum Gasteiger partial charge on any atom is 0.107 e. The molecular weight excluding hydrogens is 286 g/mol. The van der Waals surface area contributed by atoms with Crippen LogP contribution in [0.15, 0.2) is 6.07 Å². The lowest BCUT2D eigenvalue weighted by Crippen LogP contribution is -2.30. The van der Waals surface area contributed by atoms with Crippen LogP contribution in [0.4, 0.5) is 5.69 Å². The van der Waals surface area contributed by atoms with Gasteiger partial charge in [-0.05, 0) is 26.3 Å². The van der Waals surface area contributed by atoms with Crippen LogP contribution >= 0.6 is 24.0 Å². The van der Waals surface area contributed by atoms with Crippen LogP contribution in [0.3, 0.4) is 0 Å². The second-order valence-corrected chi connectivity index (χ2v) is 8.19. The van der Waals surface area contributed by atoms with Gasteiger partial charge in [-0.25, -0.2) is 0 Å². The summed E-state index contributed by atoms with van der Waals surface area (Å²) in [6.07, 6.45) is 1.16.